The molecule has 0 aliphatic carbocycles. The molecule has 4 nitrogen and oxygen atoms in total. The van der Waals surface area contributed by atoms with Crippen LogP contribution in [0.1, 0.15) is 37.7 Å². The van der Waals surface area contributed by atoms with Gasteiger partial charge in [0.05, 0.1) is 5.60 Å². The Labute approximate surface area is 166 Å². The fraction of sp³-hybridized carbons (Fsp3) is 0.478. The molecule has 0 amide bonds. The molecule has 0 bridgehead atoms. The molecule has 2 atom stereocenters. The number of rotatable bonds is 9. The first-order valence-corrected chi connectivity index (χ1v) is 10.1. The Balaban J connectivity index is 1.90. The smallest absolute Gasteiger partial charge is 0.133 e. The van der Waals surface area contributed by atoms with Gasteiger partial charge in [0.1, 0.15) is 17.3 Å². The van der Waals surface area contributed by atoms with Crippen molar-refractivity contribution in [2.24, 2.45) is 5.92 Å². The SMILES string of the molecule is COCCCCC(O)(c1ccccc1Oc1cccc(F)c1)[C@@H]1CCCNC1. The first-order chi connectivity index (χ1) is 13.6. The third kappa shape index (κ3) is 5.10. The molecule has 0 spiro atoms. The number of hydrogen-bond donors (Lipinski definition) is 2. The van der Waals surface area contributed by atoms with Crippen molar-refractivity contribution in [1.82, 2.24) is 5.32 Å². The molecule has 28 heavy (non-hydrogen) atoms. The molecule has 1 aliphatic rings. The van der Waals surface area contributed by atoms with E-state index >= 15 is 0 Å². The Hall–Kier alpha value is -1.95. The highest BCUT2D eigenvalue weighted by molar-refractivity contribution is 5.42. The predicted octanol–water partition coefficient (Wildman–Crippen LogP) is 4.62. The fourth-order valence-corrected chi connectivity index (χ4v) is 4.03. The normalized spacial score (nSPS) is 19.2. The summed E-state index contributed by atoms with van der Waals surface area (Å²) in [6.07, 6.45) is 4.38. The zero-order valence-corrected chi connectivity index (χ0v) is 16.5. The topological polar surface area (TPSA) is 50.7 Å². The molecular weight excluding hydrogens is 357 g/mol. The Morgan fingerprint density at radius 2 is 2.04 bits per heavy atom. The Bertz CT molecular complexity index is 748. The number of aliphatic hydroxyl groups is 1. The highest BCUT2D eigenvalue weighted by Crippen LogP contribution is 2.43. The molecule has 1 aliphatic heterocycles. The minimum Gasteiger partial charge on any atom is -0.457 e. The molecule has 2 aromatic rings. The lowest BCUT2D eigenvalue weighted by molar-refractivity contribution is -0.0446. The summed E-state index contributed by atoms with van der Waals surface area (Å²) in [5.41, 5.74) is -0.240. The molecule has 2 aromatic carbocycles. The molecular formula is C23H30FNO3. The molecule has 1 saturated heterocycles. The first-order valence-electron chi connectivity index (χ1n) is 10.1. The second-order valence-corrected chi connectivity index (χ2v) is 7.47. The van der Waals surface area contributed by atoms with Crippen LogP contribution in [-0.2, 0) is 10.3 Å². The van der Waals surface area contributed by atoms with Gasteiger partial charge in [-0.05, 0) is 56.8 Å². The number of para-hydroxylation sites is 1. The van der Waals surface area contributed by atoms with Crippen molar-refractivity contribution in [2.75, 3.05) is 26.8 Å². The van der Waals surface area contributed by atoms with Gasteiger partial charge >= 0.3 is 0 Å². The van der Waals surface area contributed by atoms with E-state index < -0.39 is 5.60 Å². The minimum absolute atomic E-state index is 0.0982. The number of ether oxygens (including phenoxy) is 2. The van der Waals surface area contributed by atoms with Crippen molar-refractivity contribution in [2.45, 2.75) is 37.7 Å². The van der Waals surface area contributed by atoms with Gasteiger partial charge in [-0.2, -0.15) is 0 Å². The molecule has 1 unspecified atom stereocenters. The van der Waals surface area contributed by atoms with E-state index in [1.165, 1.54) is 12.1 Å². The number of benzene rings is 2. The number of methoxy groups -OCH3 is 1. The van der Waals surface area contributed by atoms with Crippen LogP contribution in [0.5, 0.6) is 11.5 Å². The monoisotopic (exact) mass is 387 g/mol. The van der Waals surface area contributed by atoms with Crippen LogP contribution >= 0.6 is 0 Å². The van der Waals surface area contributed by atoms with Crippen LogP contribution in [0.15, 0.2) is 48.5 Å². The summed E-state index contributed by atoms with van der Waals surface area (Å²) in [4.78, 5) is 0. The van der Waals surface area contributed by atoms with Crippen LogP contribution < -0.4 is 10.1 Å². The number of nitrogens with one attached hydrogen (secondary N) is 1. The number of piperidine rings is 1. The number of halogens is 1. The summed E-state index contributed by atoms with van der Waals surface area (Å²) >= 11 is 0. The van der Waals surface area contributed by atoms with Gasteiger partial charge in [-0.1, -0.05) is 24.3 Å². The van der Waals surface area contributed by atoms with E-state index in [-0.39, 0.29) is 11.7 Å². The lowest BCUT2D eigenvalue weighted by Gasteiger charge is -2.40. The van der Waals surface area contributed by atoms with Crippen LogP contribution in [-0.4, -0.2) is 31.9 Å². The summed E-state index contributed by atoms with van der Waals surface area (Å²) in [6, 6.07) is 13.7. The standard InChI is InChI=1S/C23H30FNO3/c1-27-15-5-4-13-23(26,18-8-7-14-25-17-18)21-11-2-3-12-22(21)28-20-10-6-9-19(24)16-20/h2-3,6,9-12,16,18,25-26H,4-5,7-8,13-15,17H2,1H3/t18-,23?/m1/s1. The zero-order chi connectivity index (χ0) is 19.8. The molecule has 0 radical (unpaired) electrons. The highest BCUT2D eigenvalue weighted by atomic mass is 19.1. The van der Waals surface area contributed by atoms with Gasteiger partial charge in [0, 0.05) is 37.8 Å². The van der Waals surface area contributed by atoms with Gasteiger partial charge in [0.15, 0.2) is 0 Å². The summed E-state index contributed by atoms with van der Waals surface area (Å²) in [5.74, 6) is 0.756. The van der Waals surface area contributed by atoms with Crippen LogP contribution in [0.2, 0.25) is 0 Å². The Kier molecular flexibility index (Phi) is 7.43. The average Bonchev–Trinajstić information content (AvgIpc) is 2.72. The molecule has 3 rings (SSSR count). The van der Waals surface area contributed by atoms with Crippen molar-refractivity contribution < 1.29 is 19.0 Å². The zero-order valence-electron chi connectivity index (χ0n) is 16.5. The van der Waals surface area contributed by atoms with E-state index in [0.717, 1.165) is 44.3 Å². The van der Waals surface area contributed by atoms with Gasteiger partial charge < -0.3 is 19.9 Å². The third-order valence-corrected chi connectivity index (χ3v) is 5.51. The van der Waals surface area contributed by atoms with Crippen molar-refractivity contribution in [3.8, 4) is 11.5 Å². The van der Waals surface area contributed by atoms with Gasteiger partial charge in [0.25, 0.3) is 0 Å². The highest BCUT2D eigenvalue weighted by Gasteiger charge is 2.40. The Morgan fingerprint density at radius 3 is 2.79 bits per heavy atom. The molecule has 0 aromatic heterocycles. The average molecular weight is 387 g/mol. The molecule has 152 valence electrons. The van der Waals surface area contributed by atoms with Crippen LogP contribution in [0, 0.1) is 11.7 Å². The summed E-state index contributed by atoms with van der Waals surface area (Å²) < 4.78 is 24.8. The maximum Gasteiger partial charge on any atom is 0.133 e. The van der Waals surface area contributed by atoms with Crippen molar-refractivity contribution in [1.29, 1.82) is 0 Å². The van der Waals surface area contributed by atoms with E-state index in [1.807, 2.05) is 24.3 Å². The molecule has 2 N–H and O–H groups in total. The second-order valence-electron chi connectivity index (χ2n) is 7.47. The van der Waals surface area contributed by atoms with Crippen molar-refractivity contribution in [3.63, 3.8) is 0 Å². The van der Waals surface area contributed by atoms with E-state index in [1.54, 1.807) is 19.2 Å². The van der Waals surface area contributed by atoms with E-state index in [4.69, 9.17) is 9.47 Å². The molecule has 1 fully saturated rings. The maximum absolute atomic E-state index is 13.6. The van der Waals surface area contributed by atoms with Crippen LogP contribution in [0.4, 0.5) is 4.39 Å². The second kappa shape index (κ2) is 10.0. The Morgan fingerprint density at radius 1 is 1.18 bits per heavy atom. The van der Waals surface area contributed by atoms with Crippen molar-refractivity contribution in [3.05, 3.63) is 59.9 Å². The maximum atomic E-state index is 13.6. The van der Waals surface area contributed by atoms with E-state index in [9.17, 15) is 9.50 Å². The minimum atomic E-state index is -1.01. The largest absolute Gasteiger partial charge is 0.457 e. The third-order valence-electron chi connectivity index (χ3n) is 5.51. The van der Waals surface area contributed by atoms with Gasteiger partial charge in [-0.3, -0.25) is 0 Å². The molecule has 0 saturated carbocycles. The molecule has 1 heterocycles. The number of unbranched alkanes of at least 4 members (excludes halogenated alkanes) is 1. The lowest BCUT2D eigenvalue weighted by Crippen LogP contribution is -2.44. The van der Waals surface area contributed by atoms with Crippen LogP contribution in [0.25, 0.3) is 0 Å². The van der Waals surface area contributed by atoms with Gasteiger partial charge in [-0.15, -0.1) is 0 Å². The van der Waals surface area contributed by atoms with Gasteiger partial charge in [-0.25, -0.2) is 4.39 Å². The number of hydrogen-bond acceptors (Lipinski definition) is 4. The first kappa shape index (κ1) is 20.8. The summed E-state index contributed by atoms with van der Waals surface area (Å²) in [6.45, 7) is 2.44. The van der Waals surface area contributed by atoms with Gasteiger partial charge in [0.2, 0.25) is 0 Å². The van der Waals surface area contributed by atoms with Crippen molar-refractivity contribution >= 4 is 0 Å². The van der Waals surface area contributed by atoms with E-state index in [0.29, 0.717) is 24.5 Å². The van der Waals surface area contributed by atoms with Crippen LogP contribution in [0.3, 0.4) is 0 Å². The molecule has 5 heteroatoms. The lowest BCUT2D eigenvalue weighted by atomic mass is 9.74. The predicted molar refractivity (Wildman–Crippen MR) is 108 cm³/mol. The fourth-order valence-electron chi connectivity index (χ4n) is 4.03. The summed E-state index contributed by atoms with van der Waals surface area (Å²) in [5, 5.41) is 15.3. The quantitative estimate of drug-likeness (QED) is 0.617. The summed E-state index contributed by atoms with van der Waals surface area (Å²) in [7, 11) is 1.69. The van der Waals surface area contributed by atoms with E-state index in [2.05, 4.69) is 5.32 Å².